The lowest BCUT2D eigenvalue weighted by Gasteiger charge is -2.13. The van der Waals surface area contributed by atoms with Gasteiger partial charge in [-0.25, -0.2) is 9.97 Å². The molecular weight excluding hydrogens is 426 g/mol. The number of halogens is 2. The van der Waals surface area contributed by atoms with Crippen molar-refractivity contribution in [3.8, 4) is 11.5 Å². The van der Waals surface area contributed by atoms with E-state index in [4.69, 9.17) is 9.47 Å². The van der Waals surface area contributed by atoms with Crippen molar-refractivity contribution in [2.75, 3.05) is 19.5 Å². The Morgan fingerprint density at radius 2 is 1.70 bits per heavy atom. The molecule has 1 aromatic heterocycles. The summed E-state index contributed by atoms with van der Waals surface area (Å²) in [6, 6.07) is 9.58. The lowest BCUT2D eigenvalue weighted by Crippen LogP contribution is -1.98. The van der Waals surface area contributed by atoms with Crippen LogP contribution < -0.4 is 14.8 Å². The zero-order chi connectivity index (χ0) is 16.4. The largest absolute Gasteiger partial charge is 0.493 e. The van der Waals surface area contributed by atoms with Crippen molar-refractivity contribution in [3.63, 3.8) is 0 Å². The Labute approximate surface area is 150 Å². The maximum Gasteiger partial charge on any atom is 0.162 e. The Bertz CT molecular complexity index is 871. The second-order valence-electron chi connectivity index (χ2n) is 4.70. The van der Waals surface area contributed by atoms with E-state index in [2.05, 4.69) is 47.1 Å². The number of anilines is 2. The number of nitrogens with zero attached hydrogens (tertiary/aromatic N) is 2. The molecule has 0 aliphatic rings. The standard InChI is InChI=1S/C16H13Br2N3O2/c1-22-14-6-10-13(7-15(14)23-2)19-8-20-16(10)21-12-4-3-9(17)5-11(12)18/h3-8H,1-2H3,(H,19,20,21). The lowest BCUT2D eigenvalue weighted by atomic mass is 10.2. The Balaban J connectivity index is 2.10. The van der Waals surface area contributed by atoms with Crippen LogP contribution in [-0.4, -0.2) is 24.2 Å². The van der Waals surface area contributed by atoms with Crippen molar-refractivity contribution >= 4 is 54.3 Å². The third-order valence-corrected chi connectivity index (χ3v) is 4.47. The van der Waals surface area contributed by atoms with E-state index in [1.54, 1.807) is 14.2 Å². The molecule has 0 aliphatic heterocycles. The first-order valence-corrected chi connectivity index (χ1v) is 8.30. The third kappa shape index (κ3) is 3.25. The minimum absolute atomic E-state index is 0.632. The molecule has 5 nitrogen and oxygen atoms in total. The van der Waals surface area contributed by atoms with E-state index < -0.39 is 0 Å². The van der Waals surface area contributed by atoms with Gasteiger partial charge in [0.15, 0.2) is 11.5 Å². The molecule has 23 heavy (non-hydrogen) atoms. The van der Waals surface area contributed by atoms with Gasteiger partial charge in [-0.05, 0) is 40.2 Å². The summed E-state index contributed by atoms with van der Waals surface area (Å²) in [6.07, 6.45) is 1.52. The molecule has 1 N–H and O–H groups in total. The van der Waals surface area contributed by atoms with Crippen LogP contribution in [0.2, 0.25) is 0 Å². The van der Waals surface area contributed by atoms with Crippen LogP contribution in [0.15, 0.2) is 45.6 Å². The number of nitrogens with one attached hydrogen (secondary N) is 1. The molecule has 0 amide bonds. The van der Waals surface area contributed by atoms with Crippen molar-refractivity contribution < 1.29 is 9.47 Å². The first-order valence-electron chi connectivity index (χ1n) is 6.71. The minimum Gasteiger partial charge on any atom is -0.493 e. The van der Waals surface area contributed by atoms with Gasteiger partial charge in [-0.1, -0.05) is 15.9 Å². The summed E-state index contributed by atoms with van der Waals surface area (Å²) in [6.45, 7) is 0. The molecular formula is C16H13Br2N3O2. The number of hydrogen-bond acceptors (Lipinski definition) is 5. The number of aromatic nitrogens is 2. The van der Waals surface area contributed by atoms with Gasteiger partial charge in [0.25, 0.3) is 0 Å². The van der Waals surface area contributed by atoms with Crippen molar-refractivity contribution in [1.82, 2.24) is 9.97 Å². The van der Waals surface area contributed by atoms with Gasteiger partial charge >= 0.3 is 0 Å². The summed E-state index contributed by atoms with van der Waals surface area (Å²) >= 11 is 6.98. The number of ether oxygens (including phenoxy) is 2. The molecule has 0 fully saturated rings. The first-order chi connectivity index (χ1) is 11.1. The van der Waals surface area contributed by atoms with Crippen LogP contribution in [0.5, 0.6) is 11.5 Å². The highest BCUT2D eigenvalue weighted by molar-refractivity contribution is 9.11. The average Bonchev–Trinajstić information content (AvgIpc) is 2.56. The van der Waals surface area contributed by atoms with Crippen molar-refractivity contribution in [2.45, 2.75) is 0 Å². The minimum atomic E-state index is 0.632. The van der Waals surface area contributed by atoms with Gasteiger partial charge in [0.1, 0.15) is 12.1 Å². The topological polar surface area (TPSA) is 56.3 Å². The highest BCUT2D eigenvalue weighted by Crippen LogP contribution is 2.35. The van der Waals surface area contributed by atoms with E-state index >= 15 is 0 Å². The summed E-state index contributed by atoms with van der Waals surface area (Å²) in [5.41, 5.74) is 1.68. The molecule has 0 saturated heterocycles. The summed E-state index contributed by atoms with van der Waals surface area (Å²) in [5, 5.41) is 4.16. The molecule has 7 heteroatoms. The Morgan fingerprint density at radius 3 is 2.39 bits per heavy atom. The molecule has 0 unspecified atom stereocenters. The van der Waals surface area contributed by atoms with Gasteiger partial charge in [-0.3, -0.25) is 0 Å². The molecule has 3 aromatic rings. The molecule has 0 saturated carbocycles. The van der Waals surface area contributed by atoms with Gasteiger partial charge < -0.3 is 14.8 Å². The molecule has 0 aliphatic carbocycles. The molecule has 0 spiro atoms. The zero-order valence-corrected chi connectivity index (χ0v) is 15.6. The molecule has 0 atom stereocenters. The fourth-order valence-corrected chi connectivity index (χ4v) is 3.35. The molecule has 1 heterocycles. The van der Waals surface area contributed by atoms with Gasteiger partial charge in [-0.2, -0.15) is 0 Å². The van der Waals surface area contributed by atoms with E-state index in [-0.39, 0.29) is 0 Å². The number of rotatable bonds is 4. The van der Waals surface area contributed by atoms with Crippen LogP contribution in [0, 0.1) is 0 Å². The number of hydrogen-bond donors (Lipinski definition) is 1. The quantitative estimate of drug-likeness (QED) is 0.626. The molecule has 0 bridgehead atoms. The van der Waals surface area contributed by atoms with Gasteiger partial charge in [0, 0.05) is 20.4 Å². The second-order valence-corrected chi connectivity index (χ2v) is 6.47. The van der Waals surface area contributed by atoms with Crippen molar-refractivity contribution in [2.24, 2.45) is 0 Å². The Hall–Kier alpha value is -1.86. The predicted octanol–water partition coefficient (Wildman–Crippen LogP) is 4.92. The molecule has 3 rings (SSSR count). The van der Waals surface area contributed by atoms with Crippen molar-refractivity contribution in [3.05, 3.63) is 45.6 Å². The van der Waals surface area contributed by atoms with Crippen LogP contribution >= 0.6 is 31.9 Å². The van der Waals surface area contributed by atoms with E-state index in [0.717, 1.165) is 25.5 Å². The normalized spacial score (nSPS) is 10.6. The number of methoxy groups -OCH3 is 2. The van der Waals surface area contributed by atoms with E-state index in [0.29, 0.717) is 17.3 Å². The Morgan fingerprint density at radius 1 is 0.957 bits per heavy atom. The van der Waals surface area contributed by atoms with E-state index in [9.17, 15) is 0 Å². The van der Waals surface area contributed by atoms with Crippen LogP contribution in [0.1, 0.15) is 0 Å². The maximum absolute atomic E-state index is 5.37. The first kappa shape index (κ1) is 16.0. The molecule has 0 radical (unpaired) electrons. The highest BCUT2D eigenvalue weighted by atomic mass is 79.9. The molecule has 118 valence electrons. The second kappa shape index (κ2) is 6.72. The summed E-state index contributed by atoms with van der Waals surface area (Å²) in [5.74, 6) is 1.96. The van der Waals surface area contributed by atoms with Crippen LogP contribution in [0.3, 0.4) is 0 Å². The third-order valence-electron chi connectivity index (χ3n) is 3.32. The van der Waals surface area contributed by atoms with Gasteiger partial charge in [0.05, 0.1) is 25.4 Å². The lowest BCUT2D eigenvalue weighted by molar-refractivity contribution is 0.356. The summed E-state index contributed by atoms with van der Waals surface area (Å²) in [7, 11) is 3.20. The monoisotopic (exact) mass is 437 g/mol. The summed E-state index contributed by atoms with van der Waals surface area (Å²) < 4.78 is 12.6. The fourth-order valence-electron chi connectivity index (χ4n) is 2.20. The zero-order valence-electron chi connectivity index (χ0n) is 12.4. The number of fused-ring (bicyclic) bond motifs is 1. The van der Waals surface area contributed by atoms with Crippen LogP contribution in [0.25, 0.3) is 10.9 Å². The fraction of sp³-hybridized carbons (Fsp3) is 0.125. The van der Waals surface area contributed by atoms with Crippen LogP contribution in [0.4, 0.5) is 11.5 Å². The van der Waals surface area contributed by atoms with Crippen molar-refractivity contribution in [1.29, 1.82) is 0 Å². The highest BCUT2D eigenvalue weighted by Gasteiger charge is 2.12. The predicted molar refractivity (Wildman–Crippen MR) is 97.8 cm³/mol. The van der Waals surface area contributed by atoms with E-state index in [1.807, 2.05) is 30.3 Å². The summed E-state index contributed by atoms with van der Waals surface area (Å²) in [4.78, 5) is 8.64. The Kier molecular flexibility index (Phi) is 4.68. The molecule has 2 aromatic carbocycles. The smallest absolute Gasteiger partial charge is 0.162 e. The average molecular weight is 439 g/mol. The van der Waals surface area contributed by atoms with Crippen LogP contribution in [-0.2, 0) is 0 Å². The van der Waals surface area contributed by atoms with Gasteiger partial charge in [-0.15, -0.1) is 0 Å². The number of benzene rings is 2. The van der Waals surface area contributed by atoms with E-state index in [1.165, 1.54) is 6.33 Å². The SMILES string of the molecule is COc1cc2ncnc(Nc3ccc(Br)cc3Br)c2cc1OC. The maximum atomic E-state index is 5.37. The van der Waals surface area contributed by atoms with Gasteiger partial charge in [0.2, 0.25) is 0 Å².